The Labute approximate surface area is 115 Å². The number of rotatable bonds is 1. The zero-order valence-corrected chi connectivity index (χ0v) is 11.1. The summed E-state index contributed by atoms with van der Waals surface area (Å²) in [6.45, 7) is 0. The third-order valence-electron chi connectivity index (χ3n) is 4.01. The lowest BCUT2D eigenvalue weighted by atomic mass is 10.1. The normalized spacial score (nSPS) is 15.2. The van der Waals surface area contributed by atoms with Crippen LogP contribution in [0, 0.1) is 0 Å². The molecule has 0 amide bonds. The van der Waals surface area contributed by atoms with E-state index < -0.39 is 0 Å². The highest BCUT2D eigenvalue weighted by Gasteiger charge is 2.18. The number of hydrogen-bond donors (Lipinski definition) is 2. The summed E-state index contributed by atoms with van der Waals surface area (Å²) >= 11 is 0. The van der Waals surface area contributed by atoms with E-state index in [9.17, 15) is 4.79 Å². The number of aromatic amines is 2. The van der Waals surface area contributed by atoms with Crippen LogP contribution in [-0.2, 0) is 12.8 Å². The molecular weight excluding hydrogens is 252 g/mol. The van der Waals surface area contributed by atoms with Crippen LogP contribution in [0.4, 0.5) is 0 Å². The SMILES string of the molecule is O=c1c2c([nH]n1-c1nc3ccccc3[nH]1)CCCCC2. The van der Waals surface area contributed by atoms with E-state index in [0.29, 0.717) is 5.95 Å². The van der Waals surface area contributed by atoms with Crippen LogP contribution >= 0.6 is 0 Å². The summed E-state index contributed by atoms with van der Waals surface area (Å²) in [4.78, 5) is 20.2. The van der Waals surface area contributed by atoms with Gasteiger partial charge in [0.25, 0.3) is 5.56 Å². The molecule has 0 atom stereocenters. The molecule has 0 radical (unpaired) electrons. The smallest absolute Gasteiger partial charge is 0.277 e. The van der Waals surface area contributed by atoms with Crippen molar-refractivity contribution in [1.82, 2.24) is 19.7 Å². The average Bonchev–Trinajstić information content (AvgIpc) is 2.92. The summed E-state index contributed by atoms with van der Waals surface area (Å²) in [7, 11) is 0. The second kappa shape index (κ2) is 4.37. The van der Waals surface area contributed by atoms with Crippen LogP contribution in [0.25, 0.3) is 17.0 Å². The third kappa shape index (κ3) is 1.70. The predicted molar refractivity (Wildman–Crippen MR) is 77.3 cm³/mol. The van der Waals surface area contributed by atoms with Crippen molar-refractivity contribution in [3.05, 3.63) is 45.9 Å². The van der Waals surface area contributed by atoms with Gasteiger partial charge in [-0.05, 0) is 37.8 Å². The number of imidazole rings is 1. The van der Waals surface area contributed by atoms with Crippen molar-refractivity contribution in [1.29, 1.82) is 0 Å². The first-order valence-corrected chi connectivity index (χ1v) is 7.11. The molecule has 2 N–H and O–H groups in total. The van der Waals surface area contributed by atoms with Crippen LogP contribution < -0.4 is 5.56 Å². The number of nitrogens with one attached hydrogen (secondary N) is 2. The minimum absolute atomic E-state index is 0.0426. The molecule has 0 saturated heterocycles. The van der Waals surface area contributed by atoms with Gasteiger partial charge in [0.05, 0.1) is 11.0 Å². The first-order chi connectivity index (χ1) is 9.83. The number of aromatic nitrogens is 4. The molecule has 20 heavy (non-hydrogen) atoms. The first-order valence-electron chi connectivity index (χ1n) is 7.11. The Kier molecular flexibility index (Phi) is 2.52. The lowest BCUT2D eigenvalue weighted by Crippen LogP contribution is -2.18. The number of H-pyrrole nitrogens is 2. The number of aryl methyl sites for hydroxylation is 1. The number of para-hydroxylation sites is 2. The Morgan fingerprint density at radius 2 is 1.95 bits per heavy atom. The van der Waals surface area contributed by atoms with Crippen molar-refractivity contribution in [2.24, 2.45) is 0 Å². The average molecular weight is 268 g/mol. The lowest BCUT2D eigenvalue weighted by Gasteiger charge is -1.97. The Balaban J connectivity index is 1.88. The molecule has 4 rings (SSSR count). The molecule has 0 saturated carbocycles. The molecule has 0 aliphatic heterocycles. The standard InChI is InChI=1S/C15H16N4O/c20-14-10-6-2-1-3-7-11(10)18-19(14)15-16-12-8-4-5-9-13(12)17-15/h4-5,8-9,18H,1-3,6-7H2,(H,16,17). The third-order valence-corrected chi connectivity index (χ3v) is 4.01. The number of hydrogen-bond acceptors (Lipinski definition) is 2. The fourth-order valence-electron chi connectivity index (χ4n) is 2.96. The van der Waals surface area contributed by atoms with Gasteiger partial charge in [0.2, 0.25) is 5.95 Å². The number of nitrogens with zero attached hydrogens (tertiary/aromatic N) is 2. The van der Waals surface area contributed by atoms with Crippen LogP contribution in [0.15, 0.2) is 29.1 Å². The van der Waals surface area contributed by atoms with Gasteiger partial charge in [0.15, 0.2) is 0 Å². The fraction of sp³-hybridized carbons (Fsp3) is 0.333. The molecule has 3 aromatic rings. The minimum Gasteiger partial charge on any atom is -0.322 e. The lowest BCUT2D eigenvalue weighted by molar-refractivity contribution is 0.685. The van der Waals surface area contributed by atoms with E-state index in [1.807, 2.05) is 24.3 Å². The molecule has 0 fully saturated rings. The van der Waals surface area contributed by atoms with Crippen molar-refractivity contribution in [2.75, 3.05) is 0 Å². The van der Waals surface area contributed by atoms with Gasteiger partial charge < -0.3 is 4.98 Å². The van der Waals surface area contributed by atoms with Gasteiger partial charge in [-0.1, -0.05) is 18.6 Å². The maximum absolute atomic E-state index is 12.5. The van der Waals surface area contributed by atoms with Crippen molar-refractivity contribution >= 4 is 11.0 Å². The Morgan fingerprint density at radius 1 is 1.10 bits per heavy atom. The maximum Gasteiger partial charge on any atom is 0.277 e. The van der Waals surface area contributed by atoms with Crippen molar-refractivity contribution < 1.29 is 0 Å². The van der Waals surface area contributed by atoms with E-state index in [0.717, 1.165) is 48.0 Å². The van der Waals surface area contributed by atoms with Gasteiger partial charge >= 0.3 is 0 Å². The van der Waals surface area contributed by atoms with Gasteiger partial charge in [-0.2, -0.15) is 4.68 Å². The number of fused-ring (bicyclic) bond motifs is 2. The molecule has 0 bridgehead atoms. The molecular formula is C15H16N4O. The number of benzene rings is 1. The Morgan fingerprint density at radius 3 is 2.85 bits per heavy atom. The fourth-order valence-corrected chi connectivity index (χ4v) is 2.96. The van der Waals surface area contributed by atoms with Crippen molar-refractivity contribution in [3.63, 3.8) is 0 Å². The van der Waals surface area contributed by atoms with Crippen LogP contribution in [0.1, 0.15) is 30.5 Å². The summed E-state index contributed by atoms with van der Waals surface area (Å²) < 4.78 is 1.55. The highest BCUT2D eigenvalue weighted by Crippen LogP contribution is 2.18. The van der Waals surface area contributed by atoms with Crippen LogP contribution in [0.2, 0.25) is 0 Å². The molecule has 1 aliphatic carbocycles. The van der Waals surface area contributed by atoms with E-state index in [-0.39, 0.29) is 5.56 Å². The van der Waals surface area contributed by atoms with Gasteiger partial charge in [-0.3, -0.25) is 9.89 Å². The Bertz CT molecular complexity index is 791. The molecule has 102 valence electrons. The molecule has 2 heterocycles. The zero-order valence-electron chi connectivity index (χ0n) is 11.1. The van der Waals surface area contributed by atoms with Crippen LogP contribution in [-0.4, -0.2) is 19.7 Å². The molecule has 0 spiro atoms. The van der Waals surface area contributed by atoms with E-state index in [1.54, 1.807) is 4.68 Å². The van der Waals surface area contributed by atoms with Crippen molar-refractivity contribution in [2.45, 2.75) is 32.1 Å². The summed E-state index contributed by atoms with van der Waals surface area (Å²) in [5, 5.41) is 3.23. The summed E-state index contributed by atoms with van der Waals surface area (Å²) in [5.74, 6) is 0.573. The summed E-state index contributed by atoms with van der Waals surface area (Å²) in [6.07, 6.45) is 5.27. The predicted octanol–water partition coefficient (Wildman–Crippen LogP) is 2.31. The van der Waals surface area contributed by atoms with E-state index in [2.05, 4.69) is 15.1 Å². The molecule has 1 aromatic carbocycles. The molecule has 1 aliphatic rings. The largest absolute Gasteiger partial charge is 0.322 e. The van der Waals surface area contributed by atoms with Gasteiger partial charge in [-0.25, -0.2) is 4.98 Å². The first kappa shape index (κ1) is 11.5. The minimum atomic E-state index is 0.0426. The Hall–Kier alpha value is -2.30. The molecule has 2 aromatic heterocycles. The van der Waals surface area contributed by atoms with Crippen LogP contribution in [0.5, 0.6) is 0 Å². The van der Waals surface area contributed by atoms with Gasteiger partial charge in [-0.15, -0.1) is 0 Å². The van der Waals surface area contributed by atoms with Gasteiger partial charge in [0, 0.05) is 11.3 Å². The highest BCUT2D eigenvalue weighted by molar-refractivity contribution is 5.75. The second-order valence-electron chi connectivity index (χ2n) is 5.35. The van der Waals surface area contributed by atoms with E-state index in [1.165, 1.54) is 6.42 Å². The van der Waals surface area contributed by atoms with E-state index >= 15 is 0 Å². The molecule has 0 unspecified atom stereocenters. The summed E-state index contributed by atoms with van der Waals surface area (Å²) in [5.41, 5.74) is 3.87. The van der Waals surface area contributed by atoms with Gasteiger partial charge in [0.1, 0.15) is 0 Å². The molecule has 5 nitrogen and oxygen atoms in total. The monoisotopic (exact) mass is 268 g/mol. The van der Waals surface area contributed by atoms with E-state index in [4.69, 9.17) is 0 Å². The topological polar surface area (TPSA) is 66.5 Å². The molecule has 5 heteroatoms. The maximum atomic E-state index is 12.5. The zero-order chi connectivity index (χ0) is 13.5. The highest BCUT2D eigenvalue weighted by atomic mass is 16.1. The summed E-state index contributed by atoms with van der Waals surface area (Å²) in [6, 6.07) is 7.80. The second-order valence-corrected chi connectivity index (χ2v) is 5.35. The quantitative estimate of drug-likeness (QED) is 0.665. The van der Waals surface area contributed by atoms with Crippen LogP contribution in [0.3, 0.4) is 0 Å². The van der Waals surface area contributed by atoms with Crippen molar-refractivity contribution in [3.8, 4) is 5.95 Å².